The number of rotatable bonds is 3. The summed E-state index contributed by atoms with van der Waals surface area (Å²) < 4.78 is 27.4. The van der Waals surface area contributed by atoms with Crippen molar-refractivity contribution in [2.45, 2.75) is 0 Å². The van der Waals surface area contributed by atoms with E-state index in [4.69, 9.17) is 12.2 Å². The normalized spacial score (nSPS) is 11.1. The minimum absolute atomic E-state index is 0.0583. The molecule has 3 aromatic rings. The van der Waals surface area contributed by atoms with E-state index in [1.54, 1.807) is 6.07 Å². The number of hydrogen-bond acceptors (Lipinski definition) is 4. The third kappa shape index (κ3) is 3.53. The Morgan fingerprint density at radius 3 is 2.52 bits per heavy atom. The zero-order valence-corrected chi connectivity index (χ0v) is 13.4. The second kappa shape index (κ2) is 6.78. The molecule has 8 heteroatoms. The van der Waals surface area contributed by atoms with E-state index in [9.17, 15) is 18.7 Å². The Morgan fingerprint density at radius 2 is 1.84 bits per heavy atom. The highest BCUT2D eigenvalue weighted by atomic mass is 32.1. The Kier molecular flexibility index (Phi) is 4.53. The SMILES string of the molecule is O=c1[nH]c(=S)n(-c2ccc(F)cc2)c(O)c1C=Nc1cccc(F)c1. The van der Waals surface area contributed by atoms with Gasteiger partial charge >= 0.3 is 0 Å². The van der Waals surface area contributed by atoms with Gasteiger partial charge in [0.1, 0.15) is 17.2 Å². The van der Waals surface area contributed by atoms with Crippen molar-refractivity contribution in [2.75, 3.05) is 0 Å². The zero-order chi connectivity index (χ0) is 18.0. The van der Waals surface area contributed by atoms with Crippen LogP contribution in [0.4, 0.5) is 14.5 Å². The fourth-order valence-electron chi connectivity index (χ4n) is 2.18. The molecule has 1 heterocycles. The molecule has 0 aliphatic rings. The Bertz CT molecular complexity index is 1070. The minimum Gasteiger partial charge on any atom is -0.494 e. The molecule has 25 heavy (non-hydrogen) atoms. The van der Waals surface area contributed by atoms with Gasteiger partial charge in [0.15, 0.2) is 4.77 Å². The third-order valence-electron chi connectivity index (χ3n) is 3.36. The standard InChI is InChI=1S/C17H11F2N3O2S/c18-10-4-6-13(7-5-10)22-16(24)14(15(23)21-17(22)25)9-20-12-3-1-2-11(19)8-12/h1-9,24H,(H,21,23,25). The smallest absolute Gasteiger partial charge is 0.264 e. The summed E-state index contributed by atoms with van der Waals surface area (Å²) in [5, 5.41) is 10.4. The summed E-state index contributed by atoms with van der Waals surface area (Å²) in [4.78, 5) is 18.5. The highest BCUT2D eigenvalue weighted by Gasteiger charge is 2.12. The molecule has 2 aromatic carbocycles. The second-order valence-electron chi connectivity index (χ2n) is 5.05. The van der Waals surface area contributed by atoms with Crippen LogP contribution in [0.3, 0.4) is 0 Å². The topological polar surface area (TPSA) is 70.4 Å². The van der Waals surface area contributed by atoms with E-state index in [1.807, 2.05) is 0 Å². The maximum atomic E-state index is 13.2. The first-order valence-corrected chi connectivity index (χ1v) is 7.50. The van der Waals surface area contributed by atoms with Gasteiger partial charge in [0.05, 0.1) is 11.4 Å². The molecular weight excluding hydrogens is 348 g/mol. The number of nitrogens with zero attached hydrogens (tertiary/aromatic N) is 2. The molecule has 0 atom stereocenters. The number of aromatic hydroxyl groups is 1. The van der Waals surface area contributed by atoms with E-state index < -0.39 is 23.1 Å². The largest absolute Gasteiger partial charge is 0.494 e. The van der Waals surface area contributed by atoms with Crippen LogP contribution < -0.4 is 5.56 Å². The summed E-state index contributed by atoms with van der Waals surface area (Å²) in [6.07, 6.45) is 1.11. The Labute approximate surface area is 145 Å². The lowest BCUT2D eigenvalue weighted by molar-refractivity contribution is 0.432. The Morgan fingerprint density at radius 1 is 1.12 bits per heavy atom. The molecule has 1 aromatic heterocycles. The Hall–Kier alpha value is -3.13. The summed E-state index contributed by atoms with van der Waals surface area (Å²) in [6, 6.07) is 10.6. The van der Waals surface area contributed by atoms with Crippen molar-refractivity contribution in [3.05, 3.63) is 80.9 Å². The van der Waals surface area contributed by atoms with Crippen molar-refractivity contribution in [1.29, 1.82) is 0 Å². The number of H-pyrrole nitrogens is 1. The summed E-state index contributed by atoms with van der Waals surface area (Å²) in [6.45, 7) is 0. The molecule has 0 amide bonds. The number of halogens is 2. The molecule has 2 N–H and O–H groups in total. The van der Waals surface area contributed by atoms with Gasteiger partial charge in [-0.3, -0.25) is 19.3 Å². The van der Waals surface area contributed by atoms with Crippen molar-refractivity contribution >= 4 is 24.1 Å². The lowest BCUT2D eigenvalue weighted by Crippen LogP contribution is -2.18. The van der Waals surface area contributed by atoms with Crippen molar-refractivity contribution < 1.29 is 13.9 Å². The van der Waals surface area contributed by atoms with Gasteiger partial charge in [-0.2, -0.15) is 0 Å². The molecule has 3 rings (SSSR count). The van der Waals surface area contributed by atoms with Crippen LogP contribution in [0.15, 0.2) is 58.3 Å². The van der Waals surface area contributed by atoms with Crippen LogP contribution in [-0.4, -0.2) is 20.9 Å². The number of aromatic amines is 1. The maximum Gasteiger partial charge on any atom is 0.264 e. The highest BCUT2D eigenvalue weighted by Crippen LogP contribution is 2.20. The van der Waals surface area contributed by atoms with Gasteiger partial charge in [-0.05, 0) is 54.7 Å². The zero-order valence-electron chi connectivity index (χ0n) is 12.6. The van der Waals surface area contributed by atoms with Crippen LogP contribution in [0.1, 0.15) is 5.56 Å². The van der Waals surface area contributed by atoms with Crippen LogP contribution in [0.25, 0.3) is 5.69 Å². The van der Waals surface area contributed by atoms with E-state index in [0.29, 0.717) is 5.69 Å². The van der Waals surface area contributed by atoms with Gasteiger partial charge in [-0.15, -0.1) is 0 Å². The summed E-state index contributed by atoms with van der Waals surface area (Å²) >= 11 is 5.06. The fraction of sp³-hybridized carbons (Fsp3) is 0. The molecule has 0 unspecified atom stereocenters. The number of benzene rings is 2. The molecule has 0 saturated carbocycles. The monoisotopic (exact) mass is 359 g/mol. The quantitative estimate of drug-likeness (QED) is 0.554. The van der Waals surface area contributed by atoms with Gasteiger partial charge in [-0.1, -0.05) is 6.07 Å². The van der Waals surface area contributed by atoms with E-state index in [2.05, 4.69) is 9.98 Å². The summed E-state index contributed by atoms with van der Waals surface area (Å²) in [5.74, 6) is -1.39. The van der Waals surface area contributed by atoms with Gasteiger partial charge in [-0.25, -0.2) is 8.78 Å². The first-order valence-electron chi connectivity index (χ1n) is 7.09. The molecule has 0 radical (unpaired) electrons. The van der Waals surface area contributed by atoms with E-state index >= 15 is 0 Å². The van der Waals surface area contributed by atoms with E-state index in [1.165, 1.54) is 47.0 Å². The number of nitrogens with one attached hydrogen (secondary N) is 1. The number of hydrogen-bond donors (Lipinski definition) is 2. The average molecular weight is 359 g/mol. The van der Waals surface area contributed by atoms with Crippen molar-refractivity contribution in [3.8, 4) is 11.6 Å². The first-order chi connectivity index (χ1) is 12.0. The van der Waals surface area contributed by atoms with Crippen LogP contribution in [0.5, 0.6) is 5.88 Å². The fourth-order valence-corrected chi connectivity index (χ4v) is 2.46. The molecule has 126 valence electrons. The average Bonchev–Trinajstić information content (AvgIpc) is 2.56. The maximum absolute atomic E-state index is 13.2. The number of aliphatic imine (C=N–C) groups is 1. The van der Waals surface area contributed by atoms with Crippen LogP contribution in [0.2, 0.25) is 0 Å². The van der Waals surface area contributed by atoms with E-state index in [0.717, 1.165) is 6.21 Å². The van der Waals surface area contributed by atoms with Gasteiger partial charge < -0.3 is 5.11 Å². The first kappa shape index (κ1) is 16.7. The van der Waals surface area contributed by atoms with E-state index in [-0.39, 0.29) is 16.0 Å². The number of aromatic nitrogens is 2. The Balaban J connectivity index is 2.12. The lowest BCUT2D eigenvalue weighted by Gasteiger charge is -2.11. The predicted molar refractivity (Wildman–Crippen MR) is 92.5 cm³/mol. The van der Waals surface area contributed by atoms with Crippen LogP contribution in [0, 0.1) is 16.4 Å². The second-order valence-corrected chi connectivity index (χ2v) is 5.43. The minimum atomic E-state index is -0.652. The molecule has 0 fully saturated rings. The van der Waals surface area contributed by atoms with Gasteiger partial charge in [0, 0.05) is 6.21 Å². The predicted octanol–water partition coefficient (Wildman–Crippen LogP) is 3.63. The molecule has 0 saturated heterocycles. The summed E-state index contributed by atoms with van der Waals surface area (Å²) in [5.41, 5.74) is -0.182. The van der Waals surface area contributed by atoms with Gasteiger partial charge in [0.2, 0.25) is 5.88 Å². The van der Waals surface area contributed by atoms with Crippen LogP contribution >= 0.6 is 12.2 Å². The molecule has 0 aliphatic heterocycles. The van der Waals surface area contributed by atoms with Gasteiger partial charge in [0.25, 0.3) is 5.56 Å². The van der Waals surface area contributed by atoms with Crippen LogP contribution in [-0.2, 0) is 0 Å². The van der Waals surface area contributed by atoms with Crippen molar-refractivity contribution in [3.63, 3.8) is 0 Å². The lowest BCUT2D eigenvalue weighted by atomic mass is 10.2. The molecule has 0 aliphatic carbocycles. The molecule has 5 nitrogen and oxygen atoms in total. The molecule has 0 bridgehead atoms. The van der Waals surface area contributed by atoms with Crippen molar-refractivity contribution in [1.82, 2.24) is 9.55 Å². The third-order valence-corrected chi connectivity index (χ3v) is 3.64. The molecular formula is C17H11F2N3O2S. The molecule has 0 spiro atoms. The summed E-state index contributed by atoms with van der Waals surface area (Å²) in [7, 11) is 0. The highest BCUT2D eigenvalue weighted by molar-refractivity contribution is 7.71. The van der Waals surface area contributed by atoms with Crippen molar-refractivity contribution in [2.24, 2.45) is 4.99 Å².